The number of amides is 1. The van der Waals surface area contributed by atoms with Crippen LogP contribution >= 0.6 is 11.3 Å². The summed E-state index contributed by atoms with van der Waals surface area (Å²) < 4.78 is 6.62. The third-order valence-corrected chi connectivity index (χ3v) is 8.20. The number of nitrogens with two attached hydrogens (primary N) is 1. The van der Waals surface area contributed by atoms with Crippen LogP contribution in [0.5, 0.6) is 0 Å². The van der Waals surface area contributed by atoms with Crippen LogP contribution in [0, 0.1) is 10.8 Å². The molecule has 0 unspecified atom stereocenters. The first-order valence-corrected chi connectivity index (χ1v) is 11.9. The van der Waals surface area contributed by atoms with Crippen molar-refractivity contribution in [3.63, 3.8) is 0 Å². The number of benzene rings is 1. The summed E-state index contributed by atoms with van der Waals surface area (Å²) in [5.41, 5.74) is 7.89. The molecule has 3 fully saturated rings. The van der Waals surface area contributed by atoms with E-state index in [2.05, 4.69) is 17.2 Å². The molecule has 2 bridgehead atoms. The van der Waals surface area contributed by atoms with Crippen molar-refractivity contribution in [1.82, 2.24) is 4.98 Å². The molecule has 3 N–H and O–H groups in total. The van der Waals surface area contributed by atoms with E-state index in [-0.39, 0.29) is 30.4 Å². The first kappa shape index (κ1) is 21.1. The molecule has 6 rings (SSSR count). The van der Waals surface area contributed by atoms with Crippen molar-refractivity contribution in [3.8, 4) is 0 Å². The molecular weight excluding hydrogens is 422 g/mol. The van der Waals surface area contributed by atoms with Crippen LogP contribution in [-0.2, 0) is 20.9 Å². The molecule has 1 aromatic carbocycles. The van der Waals surface area contributed by atoms with E-state index in [9.17, 15) is 9.59 Å². The van der Waals surface area contributed by atoms with Crippen LogP contribution in [0.3, 0.4) is 0 Å². The molecule has 0 saturated heterocycles. The number of esters is 1. The highest BCUT2D eigenvalue weighted by atomic mass is 32.1. The maximum atomic E-state index is 12.9. The Kier molecular flexibility index (Phi) is 5.26. The topological polar surface area (TPSA) is 94.3 Å². The van der Waals surface area contributed by atoms with Gasteiger partial charge in [-0.15, -0.1) is 11.3 Å². The van der Waals surface area contributed by atoms with Gasteiger partial charge >= 0.3 is 5.97 Å². The predicted octanol–water partition coefficient (Wildman–Crippen LogP) is 4.60. The van der Waals surface area contributed by atoms with Gasteiger partial charge in [0.1, 0.15) is 6.61 Å². The van der Waals surface area contributed by atoms with Gasteiger partial charge in [-0.3, -0.25) is 14.6 Å². The van der Waals surface area contributed by atoms with E-state index < -0.39 is 5.92 Å². The SMILES string of the molecule is CCC12CC(C(=O)OCc3ccc([C@@H](CN)C(=O)Nc4cc5ccncc5s4)cc3)(C1)C2. The number of carbonyl (C=O) groups excluding carboxylic acids is 2. The quantitative estimate of drug-likeness (QED) is 0.490. The third-order valence-electron chi connectivity index (χ3n) is 7.20. The fourth-order valence-corrected chi connectivity index (χ4v) is 6.22. The minimum atomic E-state index is -0.457. The maximum absolute atomic E-state index is 12.9. The molecule has 2 aromatic heterocycles. The maximum Gasteiger partial charge on any atom is 0.312 e. The van der Waals surface area contributed by atoms with Gasteiger partial charge in [0.05, 0.1) is 21.0 Å². The van der Waals surface area contributed by atoms with E-state index in [4.69, 9.17) is 10.5 Å². The molecule has 0 spiro atoms. The van der Waals surface area contributed by atoms with Crippen LogP contribution in [0.1, 0.15) is 49.7 Å². The molecule has 0 aliphatic heterocycles. The second kappa shape index (κ2) is 7.98. The fourth-order valence-electron chi connectivity index (χ4n) is 5.29. The average Bonchev–Trinajstić information content (AvgIpc) is 3.14. The summed E-state index contributed by atoms with van der Waals surface area (Å²) in [6.45, 7) is 2.66. The van der Waals surface area contributed by atoms with E-state index >= 15 is 0 Å². The Labute approximate surface area is 191 Å². The predicted molar refractivity (Wildman–Crippen MR) is 125 cm³/mol. The van der Waals surface area contributed by atoms with Gasteiger partial charge in [-0.2, -0.15) is 0 Å². The van der Waals surface area contributed by atoms with E-state index in [1.165, 1.54) is 11.3 Å². The monoisotopic (exact) mass is 449 g/mol. The molecule has 166 valence electrons. The average molecular weight is 450 g/mol. The van der Waals surface area contributed by atoms with Crippen molar-refractivity contribution >= 4 is 38.3 Å². The lowest BCUT2D eigenvalue weighted by Gasteiger charge is -2.68. The lowest BCUT2D eigenvalue weighted by molar-refractivity contribution is -0.229. The van der Waals surface area contributed by atoms with Crippen molar-refractivity contribution in [2.45, 2.75) is 45.1 Å². The molecule has 1 amide bonds. The Balaban J connectivity index is 1.18. The summed E-state index contributed by atoms with van der Waals surface area (Å²) >= 11 is 1.49. The highest BCUT2D eigenvalue weighted by Crippen LogP contribution is 2.75. The number of thiophene rings is 1. The Morgan fingerprint density at radius 3 is 2.62 bits per heavy atom. The van der Waals surface area contributed by atoms with Crippen molar-refractivity contribution in [2.75, 3.05) is 11.9 Å². The Hall–Kier alpha value is -2.77. The highest BCUT2D eigenvalue weighted by molar-refractivity contribution is 7.22. The molecule has 3 aliphatic rings. The smallest absolute Gasteiger partial charge is 0.312 e. The van der Waals surface area contributed by atoms with Gasteiger partial charge in [0.25, 0.3) is 0 Å². The van der Waals surface area contributed by atoms with Crippen LogP contribution in [0.2, 0.25) is 0 Å². The lowest BCUT2D eigenvalue weighted by Crippen LogP contribution is -2.65. The van der Waals surface area contributed by atoms with Crippen molar-refractivity contribution in [3.05, 3.63) is 59.9 Å². The van der Waals surface area contributed by atoms with Crippen LogP contribution in [-0.4, -0.2) is 23.4 Å². The van der Waals surface area contributed by atoms with E-state index in [1.54, 1.807) is 12.4 Å². The molecule has 3 aliphatic carbocycles. The van der Waals surface area contributed by atoms with E-state index in [1.807, 2.05) is 36.4 Å². The second-order valence-electron chi connectivity index (χ2n) is 9.28. The summed E-state index contributed by atoms with van der Waals surface area (Å²) in [5, 5.41) is 4.80. The Morgan fingerprint density at radius 1 is 1.22 bits per heavy atom. The number of aromatic nitrogens is 1. The van der Waals surface area contributed by atoms with Crippen LogP contribution in [0.25, 0.3) is 10.1 Å². The number of pyridine rings is 1. The minimum absolute atomic E-state index is 0.0605. The van der Waals surface area contributed by atoms with Gasteiger partial charge in [0, 0.05) is 18.9 Å². The summed E-state index contributed by atoms with van der Waals surface area (Å²) in [6.07, 6.45) is 7.63. The van der Waals surface area contributed by atoms with Gasteiger partial charge in [-0.25, -0.2) is 0 Å². The molecule has 2 heterocycles. The molecule has 3 saturated carbocycles. The largest absolute Gasteiger partial charge is 0.460 e. The second-order valence-corrected chi connectivity index (χ2v) is 10.4. The molecule has 7 heteroatoms. The van der Waals surface area contributed by atoms with Gasteiger partial charge in [0.15, 0.2) is 0 Å². The normalized spacial score (nSPS) is 24.3. The number of ether oxygens (including phenoxy) is 1. The molecule has 32 heavy (non-hydrogen) atoms. The van der Waals surface area contributed by atoms with Gasteiger partial charge in [0.2, 0.25) is 5.91 Å². The zero-order valence-electron chi connectivity index (χ0n) is 18.1. The summed E-state index contributed by atoms with van der Waals surface area (Å²) in [7, 11) is 0. The molecular formula is C25H27N3O3S. The molecule has 6 nitrogen and oxygen atoms in total. The molecule has 0 radical (unpaired) electrons. The minimum Gasteiger partial charge on any atom is -0.460 e. The first-order valence-electron chi connectivity index (χ1n) is 11.1. The number of nitrogens with one attached hydrogen (secondary N) is 1. The van der Waals surface area contributed by atoms with Crippen molar-refractivity contribution in [1.29, 1.82) is 0 Å². The number of anilines is 1. The number of rotatable bonds is 8. The van der Waals surface area contributed by atoms with Crippen LogP contribution in [0.15, 0.2) is 48.8 Å². The van der Waals surface area contributed by atoms with Gasteiger partial charge < -0.3 is 15.8 Å². The van der Waals surface area contributed by atoms with E-state index in [0.29, 0.717) is 5.41 Å². The third kappa shape index (κ3) is 3.59. The van der Waals surface area contributed by atoms with E-state index in [0.717, 1.165) is 51.9 Å². The van der Waals surface area contributed by atoms with Crippen LogP contribution < -0.4 is 11.1 Å². The number of hydrogen-bond acceptors (Lipinski definition) is 6. The zero-order chi connectivity index (χ0) is 22.3. The van der Waals surface area contributed by atoms with Crippen molar-refractivity contribution < 1.29 is 14.3 Å². The number of hydrogen-bond donors (Lipinski definition) is 2. The zero-order valence-corrected chi connectivity index (χ0v) is 18.9. The number of fused-ring (bicyclic) bond motifs is 1. The molecule has 3 aromatic rings. The Bertz CT molecular complexity index is 1120. The van der Waals surface area contributed by atoms with Crippen molar-refractivity contribution in [2.24, 2.45) is 16.6 Å². The number of nitrogens with zero attached hydrogens (tertiary/aromatic N) is 1. The molecule has 1 atom stereocenters. The van der Waals surface area contributed by atoms with Gasteiger partial charge in [-0.1, -0.05) is 37.6 Å². The highest BCUT2D eigenvalue weighted by Gasteiger charge is 2.71. The lowest BCUT2D eigenvalue weighted by atomic mass is 9.34. The fraction of sp³-hybridized carbons (Fsp3) is 0.400. The van der Waals surface area contributed by atoms with Crippen LogP contribution in [0.4, 0.5) is 5.00 Å². The summed E-state index contributed by atoms with van der Waals surface area (Å²) in [5.74, 6) is -0.657. The van der Waals surface area contributed by atoms with Gasteiger partial charge in [-0.05, 0) is 53.3 Å². The summed E-state index contributed by atoms with van der Waals surface area (Å²) in [6, 6.07) is 11.4. The summed E-state index contributed by atoms with van der Waals surface area (Å²) in [4.78, 5) is 29.4. The number of carbonyl (C=O) groups is 2. The standard InChI is InChI=1S/C25H27N3O3S/c1-2-24-13-25(14-24,15-24)23(30)31-12-16-3-5-17(6-4-16)19(10-26)22(29)28-21-9-18-7-8-27-11-20(18)32-21/h3-9,11,19H,2,10,12-15,26H2,1H3,(H,28,29)/t19-,24?,25?/m1/s1. The Morgan fingerprint density at radius 2 is 1.97 bits per heavy atom. The first-order chi connectivity index (χ1) is 15.5.